The van der Waals surface area contributed by atoms with Gasteiger partial charge in [-0.15, -0.1) is 0 Å². The van der Waals surface area contributed by atoms with Crippen LogP contribution < -0.4 is 9.64 Å². The van der Waals surface area contributed by atoms with Crippen molar-refractivity contribution in [3.8, 4) is 5.75 Å². The Morgan fingerprint density at radius 1 is 0.786 bits per heavy atom. The Kier molecular flexibility index (Phi) is 8.74. The van der Waals surface area contributed by atoms with E-state index in [1.807, 2.05) is 0 Å². The van der Waals surface area contributed by atoms with Crippen molar-refractivity contribution < 1.29 is 4.74 Å². The topological polar surface area (TPSA) is 12.5 Å². The van der Waals surface area contributed by atoms with Gasteiger partial charge in [-0.2, -0.15) is 0 Å². The lowest BCUT2D eigenvalue weighted by Gasteiger charge is -2.31. The highest BCUT2D eigenvalue weighted by molar-refractivity contribution is 5.50. The Morgan fingerprint density at radius 2 is 1.46 bits per heavy atom. The van der Waals surface area contributed by atoms with Crippen LogP contribution in [-0.2, 0) is 13.0 Å². The van der Waals surface area contributed by atoms with Gasteiger partial charge in [-0.25, -0.2) is 0 Å². The summed E-state index contributed by atoms with van der Waals surface area (Å²) in [6.45, 7) is 3.86. The number of ether oxygens (including phenoxy) is 1. The first kappa shape index (κ1) is 20.8. The number of hydrogen-bond donors (Lipinski definition) is 0. The minimum absolute atomic E-state index is 0.634. The van der Waals surface area contributed by atoms with Crippen LogP contribution in [0.4, 0.5) is 5.69 Å². The largest absolute Gasteiger partial charge is 0.473 e. The maximum Gasteiger partial charge on any atom is 0.161 e. The van der Waals surface area contributed by atoms with Crippen molar-refractivity contribution >= 4 is 5.69 Å². The Balaban J connectivity index is 1.36. The van der Waals surface area contributed by atoms with E-state index in [9.17, 15) is 0 Å². The second-order valence-electron chi connectivity index (χ2n) is 8.18. The van der Waals surface area contributed by atoms with Crippen LogP contribution in [0.1, 0.15) is 82.3 Å². The summed E-state index contributed by atoms with van der Waals surface area (Å²) in [5.74, 6) is 1.05. The molecule has 0 N–H and O–H groups in total. The summed E-state index contributed by atoms with van der Waals surface area (Å²) in [4.78, 5) is 2.30. The Morgan fingerprint density at radius 3 is 2.18 bits per heavy atom. The van der Waals surface area contributed by atoms with Gasteiger partial charge in [0, 0.05) is 17.8 Å². The Bertz CT molecular complexity index is 682. The van der Waals surface area contributed by atoms with E-state index in [2.05, 4.69) is 60.4 Å². The van der Waals surface area contributed by atoms with Crippen molar-refractivity contribution in [2.75, 3.05) is 11.6 Å². The number of benzene rings is 2. The van der Waals surface area contributed by atoms with E-state index in [0.29, 0.717) is 6.73 Å². The molecule has 2 heteroatoms. The average molecular weight is 380 g/mol. The molecular formula is C26H37NO. The first-order chi connectivity index (χ1) is 13.9. The van der Waals surface area contributed by atoms with Crippen molar-refractivity contribution in [2.24, 2.45) is 0 Å². The van der Waals surface area contributed by atoms with Gasteiger partial charge in [-0.3, -0.25) is 0 Å². The third-order valence-electron chi connectivity index (χ3n) is 5.80. The SMILES string of the molecule is CCCCCCCCCCCCc1ccc2c(c1)CN(c1ccccc1)CO2. The number of anilines is 1. The molecule has 0 fully saturated rings. The van der Waals surface area contributed by atoms with Gasteiger partial charge >= 0.3 is 0 Å². The Hall–Kier alpha value is -1.96. The number of unbranched alkanes of at least 4 members (excludes halogenated alkanes) is 9. The number of fused-ring (bicyclic) bond motifs is 1. The van der Waals surface area contributed by atoms with Crippen LogP contribution in [0.2, 0.25) is 0 Å². The molecule has 0 bridgehead atoms. The summed E-state index contributed by atoms with van der Waals surface area (Å²) >= 11 is 0. The normalized spacial score (nSPS) is 13.2. The van der Waals surface area contributed by atoms with Gasteiger partial charge in [0.1, 0.15) is 5.75 Å². The monoisotopic (exact) mass is 379 g/mol. The first-order valence-electron chi connectivity index (χ1n) is 11.4. The van der Waals surface area contributed by atoms with E-state index in [1.54, 1.807) is 0 Å². The lowest BCUT2D eigenvalue weighted by Crippen LogP contribution is -2.31. The molecule has 2 aromatic carbocycles. The van der Waals surface area contributed by atoms with Crippen LogP contribution >= 0.6 is 0 Å². The summed E-state index contributed by atoms with van der Waals surface area (Å²) in [6.07, 6.45) is 15.1. The van der Waals surface area contributed by atoms with Crippen molar-refractivity contribution in [2.45, 2.75) is 84.1 Å². The third-order valence-corrected chi connectivity index (χ3v) is 5.80. The summed E-state index contributed by atoms with van der Waals surface area (Å²) in [7, 11) is 0. The molecule has 28 heavy (non-hydrogen) atoms. The molecule has 0 radical (unpaired) electrons. The van der Waals surface area contributed by atoms with Gasteiger partial charge in [0.15, 0.2) is 6.73 Å². The quantitative estimate of drug-likeness (QED) is 0.354. The van der Waals surface area contributed by atoms with E-state index in [4.69, 9.17) is 4.74 Å². The molecule has 0 saturated heterocycles. The molecule has 0 aromatic heterocycles. The minimum Gasteiger partial charge on any atom is -0.473 e. The molecule has 0 spiro atoms. The summed E-state index contributed by atoms with van der Waals surface area (Å²) < 4.78 is 5.98. The zero-order valence-corrected chi connectivity index (χ0v) is 17.7. The molecule has 0 saturated carbocycles. The van der Waals surface area contributed by atoms with Crippen LogP contribution in [0.15, 0.2) is 48.5 Å². The molecule has 1 aliphatic heterocycles. The van der Waals surface area contributed by atoms with E-state index >= 15 is 0 Å². The number of hydrogen-bond acceptors (Lipinski definition) is 2. The van der Waals surface area contributed by atoms with Crippen molar-refractivity contribution in [1.29, 1.82) is 0 Å². The van der Waals surface area contributed by atoms with Gasteiger partial charge in [0.25, 0.3) is 0 Å². The lowest BCUT2D eigenvalue weighted by atomic mass is 10.0. The second kappa shape index (κ2) is 11.8. The standard InChI is InChI=1S/C26H37NO/c1-2-3-4-5-6-7-8-9-10-12-15-23-18-19-26-24(20-23)21-27(22-28-26)25-16-13-11-14-17-25/h11,13-14,16-20H,2-10,12,15,21-22H2,1H3. The van der Waals surface area contributed by atoms with Gasteiger partial charge in [-0.1, -0.05) is 95.0 Å². The number of para-hydroxylation sites is 1. The smallest absolute Gasteiger partial charge is 0.161 e. The number of aryl methyl sites for hydroxylation is 1. The maximum atomic E-state index is 5.98. The highest BCUT2D eigenvalue weighted by Crippen LogP contribution is 2.29. The van der Waals surface area contributed by atoms with Crippen molar-refractivity contribution in [3.05, 3.63) is 59.7 Å². The van der Waals surface area contributed by atoms with Gasteiger partial charge in [0.2, 0.25) is 0 Å². The molecule has 1 heterocycles. The van der Waals surface area contributed by atoms with E-state index in [1.165, 1.54) is 87.4 Å². The molecule has 0 atom stereocenters. The van der Waals surface area contributed by atoms with Crippen LogP contribution in [0.25, 0.3) is 0 Å². The van der Waals surface area contributed by atoms with Gasteiger partial charge in [-0.05, 0) is 36.6 Å². The Labute approximate surface area is 171 Å². The van der Waals surface area contributed by atoms with Crippen LogP contribution in [-0.4, -0.2) is 6.73 Å². The van der Waals surface area contributed by atoms with E-state index in [-0.39, 0.29) is 0 Å². The molecule has 3 rings (SSSR count). The molecule has 0 unspecified atom stereocenters. The zero-order chi connectivity index (χ0) is 19.4. The summed E-state index contributed by atoms with van der Waals surface area (Å²) in [6, 6.07) is 17.3. The van der Waals surface area contributed by atoms with E-state index < -0.39 is 0 Å². The highest BCUT2D eigenvalue weighted by Gasteiger charge is 2.17. The number of nitrogens with zero attached hydrogens (tertiary/aromatic N) is 1. The van der Waals surface area contributed by atoms with Crippen LogP contribution in [0.3, 0.4) is 0 Å². The molecule has 0 aliphatic carbocycles. The van der Waals surface area contributed by atoms with Crippen molar-refractivity contribution in [3.63, 3.8) is 0 Å². The fourth-order valence-corrected chi connectivity index (χ4v) is 4.07. The molecule has 2 nitrogen and oxygen atoms in total. The predicted octanol–water partition coefficient (Wildman–Crippen LogP) is 7.51. The fraction of sp³-hybridized carbons (Fsp3) is 0.538. The molecule has 1 aliphatic rings. The molecule has 152 valence electrons. The van der Waals surface area contributed by atoms with Crippen LogP contribution in [0, 0.1) is 0 Å². The summed E-state index contributed by atoms with van der Waals surface area (Å²) in [5.41, 5.74) is 4.00. The number of rotatable bonds is 12. The van der Waals surface area contributed by atoms with Crippen molar-refractivity contribution in [1.82, 2.24) is 0 Å². The van der Waals surface area contributed by atoms with Gasteiger partial charge in [0.05, 0.1) is 0 Å². The molecule has 0 amide bonds. The maximum absolute atomic E-state index is 5.98. The second-order valence-corrected chi connectivity index (χ2v) is 8.18. The first-order valence-corrected chi connectivity index (χ1v) is 11.4. The predicted molar refractivity (Wildman–Crippen MR) is 120 cm³/mol. The zero-order valence-electron chi connectivity index (χ0n) is 17.7. The summed E-state index contributed by atoms with van der Waals surface area (Å²) in [5, 5.41) is 0. The third kappa shape index (κ3) is 6.58. The van der Waals surface area contributed by atoms with Gasteiger partial charge < -0.3 is 9.64 Å². The van der Waals surface area contributed by atoms with Crippen LogP contribution in [0.5, 0.6) is 5.75 Å². The fourth-order valence-electron chi connectivity index (χ4n) is 4.07. The molecule has 2 aromatic rings. The highest BCUT2D eigenvalue weighted by atomic mass is 16.5. The molecular weight excluding hydrogens is 342 g/mol. The van der Waals surface area contributed by atoms with E-state index in [0.717, 1.165) is 12.3 Å². The minimum atomic E-state index is 0.634. The lowest BCUT2D eigenvalue weighted by molar-refractivity contribution is 0.289. The average Bonchev–Trinajstić information content (AvgIpc) is 2.75.